The van der Waals surface area contributed by atoms with Crippen LogP contribution in [-0.4, -0.2) is 77.6 Å². The molecule has 1 unspecified atom stereocenters. The Morgan fingerprint density at radius 3 is 2.13 bits per heavy atom. The van der Waals surface area contributed by atoms with Gasteiger partial charge in [0.25, 0.3) is 5.91 Å². The van der Waals surface area contributed by atoms with E-state index >= 15 is 0 Å². The van der Waals surface area contributed by atoms with Gasteiger partial charge in [0.2, 0.25) is 23.5 Å². The molecule has 12 heteroatoms. The van der Waals surface area contributed by atoms with Crippen molar-refractivity contribution in [2.24, 2.45) is 28.9 Å². The van der Waals surface area contributed by atoms with Gasteiger partial charge in [-0.25, -0.2) is 4.79 Å². The highest BCUT2D eigenvalue weighted by atomic mass is 16.2. The zero-order chi connectivity index (χ0) is 33.1. The maximum Gasteiger partial charge on any atom is 0.315 e. The standard InChI is InChI=1S/C33H48N6O6/c1-18(2)22-15-25(30(43)37-24(12-19-10-11-19)27(41)29(34)42)39(17-22)31(44)28(33(3,4)5)38-32(45)35-16-26(40)36-23-13-20-8-6-7-9-21(20)14-23/h6-9,18-19,22-25,28H,10-17H2,1-5H3,(H2,34,42)(H,36,40)(H,37,43)(H2,35,38,45)/t22-,24?,25+,28-/m1/s1. The molecule has 1 aromatic rings. The molecule has 6 amide bonds. The SMILES string of the molecule is CC(C)[C@@H]1C[C@@H](C(=O)NC(CC2CC2)C(=O)C(N)=O)N(C(=O)[C@@H](NC(=O)NCC(=O)NC2Cc3ccccc3C2)C(C)(C)C)C1. The number of hydrogen-bond donors (Lipinski definition) is 5. The van der Waals surface area contributed by atoms with Gasteiger partial charge in [-0.3, -0.25) is 24.0 Å². The number of nitrogens with one attached hydrogen (secondary N) is 4. The first-order chi connectivity index (χ1) is 21.1. The fraction of sp³-hybridized carbons (Fsp3) is 0.636. The Balaban J connectivity index is 1.39. The number of fused-ring (bicyclic) bond motifs is 1. The molecule has 45 heavy (non-hydrogen) atoms. The third-order valence-electron chi connectivity index (χ3n) is 9.22. The molecule has 4 rings (SSSR count). The summed E-state index contributed by atoms with van der Waals surface area (Å²) in [6.07, 6.45) is 4.00. The summed E-state index contributed by atoms with van der Waals surface area (Å²) in [5.41, 5.74) is 6.92. The second-order valence-electron chi connectivity index (χ2n) is 14.3. The molecule has 1 saturated carbocycles. The summed E-state index contributed by atoms with van der Waals surface area (Å²) in [6, 6.07) is 4.37. The van der Waals surface area contributed by atoms with Crippen LogP contribution in [0.1, 0.15) is 71.4 Å². The topological polar surface area (TPSA) is 180 Å². The average Bonchev–Trinajstić information content (AvgIpc) is 3.50. The Labute approximate surface area is 265 Å². The van der Waals surface area contributed by atoms with Gasteiger partial charge in [0.1, 0.15) is 12.1 Å². The van der Waals surface area contributed by atoms with Crippen molar-refractivity contribution in [2.45, 2.75) is 97.3 Å². The molecule has 1 aromatic carbocycles. The number of ketones is 1. The summed E-state index contributed by atoms with van der Waals surface area (Å²) in [5.74, 6) is -2.81. The maximum absolute atomic E-state index is 14.1. The van der Waals surface area contributed by atoms with Crippen LogP contribution in [-0.2, 0) is 36.8 Å². The molecule has 0 spiro atoms. The minimum Gasteiger partial charge on any atom is -0.363 e. The number of urea groups is 1. The van der Waals surface area contributed by atoms with Gasteiger partial charge >= 0.3 is 6.03 Å². The lowest BCUT2D eigenvalue weighted by Crippen LogP contribution is -2.60. The molecule has 0 bridgehead atoms. The summed E-state index contributed by atoms with van der Waals surface area (Å²) in [7, 11) is 0. The molecule has 2 fully saturated rings. The number of nitrogens with two attached hydrogens (primary N) is 1. The van der Waals surface area contributed by atoms with E-state index in [0.29, 0.717) is 19.4 Å². The normalized spacial score (nSPS) is 21.1. The van der Waals surface area contributed by atoms with Crippen molar-refractivity contribution in [1.29, 1.82) is 0 Å². The lowest BCUT2D eigenvalue weighted by molar-refractivity contribution is -0.143. The van der Waals surface area contributed by atoms with E-state index in [0.717, 1.165) is 25.7 Å². The van der Waals surface area contributed by atoms with E-state index in [2.05, 4.69) is 21.3 Å². The largest absolute Gasteiger partial charge is 0.363 e. The second-order valence-corrected chi connectivity index (χ2v) is 14.3. The Morgan fingerprint density at radius 2 is 1.60 bits per heavy atom. The number of Topliss-reactive ketones (excluding diaryl/α,β-unsaturated/α-hetero) is 1. The fourth-order valence-corrected chi connectivity index (χ4v) is 6.30. The van der Waals surface area contributed by atoms with Crippen molar-refractivity contribution in [1.82, 2.24) is 26.2 Å². The highest BCUT2D eigenvalue weighted by molar-refractivity contribution is 6.37. The van der Waals surface area contributed by atoms with E-state index in [-0.39, 0.29) is 36.2 Å². The summed E-state index contributed by atoms with van der Waals surface area (Å²) in [5, 5.41) is 11.0. The average molecular weight is 625 g/mol. The summed E-state index contributed by atoms with van der Waals surface area (Å²) in [6.45, 7) is 9.50. The van der Waals surface area contributed by atoms with E-state index in [1.165, 1.54) is 16.0 Å². The van der Waals surface area contributed by atoms with Crippen molar-refractivity contribution >= 4 is 35.4 Å². The Bertz CT molecular complexity index is 1290. The monoisotopic (exact) mass is 624 g/mol. The zero-order valence-electron chi connectivity index (χ0n) is 27.0. The molecule has 1 heterocycles. The van der Waals surface area contributed by atoms with Crippen LogP contribution in [0.4, 0.5) is 4.79 Å². The smallest absolute Gasteiger partial charge is 0.315 e. The van der Waals surface area contributed by atoms with Crippen LogP contribution in [0.15, 0.2) is 24.3 Å². The van der Waals surface area contributed by atoms with Crippen molar-refractivity contribution in [2.75, 3.05) is 13.1 Å². The minimum atomic E-state index is -1.11. The van der Waals surface area contributed by atoms with Gasteiger partial charge in [0.05, 0.1) is 12.6 Å². The highest BCUT2D eigenvalue weighted by Crippen LogP contribution is 2.35. The molecule has 1 aliphatic heterocycles. The first-order valence-electron chi connectivity index (χ1n) is 16.0. The van der Waals surface area contributed by atoms with Crippen LogP contribution in [0.5, 0.6) is 0 Å². The lowest BCUT2D eigenvalue weighted by Gasteiger charge is -2.35. The van der Waals surface area contributed by atoms with E-state index in [9.17, 15) is 28.8 Å². The molecule has 1 saturated heterocycles. The number of hydrogen-bond acceptors (Lipinski definition) is 6. The maximum atomic E-state index is 14.1. The number of likely N-dealkylation sites (tertiary alicyclic amines) is 1. The zero-order valence-corrected chi connectivity index (χ0v) is 27.0. The summed E-state index contributed by atoms with van der Waals surface area (Å²) < 4.78 is 0. The van der Waals surface area contributed by atoms with Crippen LogP contribution in [0.2, 0.25) is 0 Å². The molecule has 2 aliphatic carbocycles. The number of primary amides is 1. The van der Waals surface area contributed by atoms with Gasteiger partial charge in [-0.05, 0) is 60.0 Å². The van der Waals surface area contributed by atoms with Gasteiger partial charge < -0.3 is 31.9 Å². The third kappa shape index (κ3) is 8.82. The van der Waals surface area contributed by atoms with Crippen LogP contribution >= 0.6 is 0 Å². The van der Waals surface area contributed by atoms with E-state index < -0.39 is 53.1 Å². The first-order valence-corrected chi connectivity index (χ1v) is 16.0. The fourth-order valence-electron chi connectivity index (χ4n) is 6.30. The van der Waals surface area contributed by atoms with E-state index in [4.69, 9.17) is 5.73 Å². The van der Waals surface area contributed by atoms with Crippen molar-refractivity contribution < 1.29 is 28.8 Å². The van der Waals surface area contributed by atoms with Crippen molar-refractivity contribution in [3.63, 3.8) is 0 Å². The Kier molecular flexibility index (Phi) is 10.5. The van der Waals surface area contributed by atoms with Crippen molar-refractivity contribution in [3.8, 4) is 0 Å². The predicted molar refractivity (Wildman–Crippen MR) is 167 cm³/mol. The van der Waals surface area contributed by atoms with Gasteiger partial charge in [-0.2, -0.15) is 0 Å². The molecular weight excluding hydrogens is 576 g/mol. The Hall–Kier alpha value is -3.96. The number of nitrogens with zero attached hydrogens (tertiary/aromatic N) is 1. The van der Waals surface area contributed by atoms with Gasteiger partial charge in [-0.15, -0.1) is 0 Å². The van der Waals surface area contributed by atoms with E-state index in [1.807, 2.05) is 58.9 Å². The number of carbonyl (C=O) groups excluding carboxylic acids is 6. The predicted octanol–water partition coefficient (Wildman–Crippen LogP) is 1.20. The number of amides is 6. The number of benzene rings is 1. The van der Waals surface area contributed by atoms with Crippen LogP contribution in [0.3, 0.4) is 0 Å². The van der Waals surface area contributed by atoms with Crippen molar-refractivity contribution in [3.05, 3.63) is 35.4 Å². The molecular formula is C33H48N6O6. The molecule has 246 valence electrons. The molecule has 3 aliphatic rings. The lowest BCUT2D eigenvalue weighted by atomic mass is 9.85. The number of rotatable bonds is 12. The molecule has 0 aromatic heterocycles. The van der Waals surface area contributed by atoms with Gasteiger partial charge in [0, 0.05) is 12.6 Å². The first kappa shape index (κ1) is 33.9. The van der Waals surface area contributed by atoms with Gasteiger partial charge in [-0.1, -0.05) is 71.7 Å². The summed E-state index contributed by atoms with van der Waals surface area (Å²) in [4.78, 5) is 79.0. The minimum absolute atomic E-state index is 0.0123. The van der Waals surface area contributed by atoms with Crippen LogP contribution in [0.25, 0.3) is 0 Å². The van der Waals surface area contributed by atoms with E-state index in [1.54, 1.807) is 0 Å². The molecule has 4 atom stereocenters. The quantitative estimate of drug-likeness (QED) is 0.218. The highest BCUT2D eigenvalue weighted by Gasteiger charge is 2.46. The molecule has 12 nitrogen and oxygen atoms in total. The third-order valence-corrected chi connectivity index (χ3v) is 9.22. The van der Waals surface area contributed by atoms with Gasteiger partial charge in [0.15, 0.2) is 0 Å². The van der Waals surface area contributed by atoms with Crippen LogP contribution in [0, 0.1) is 23.2 Å². The second kappa shape index (κ2) is 14.0. The summed E-state index contributed by atoms with van der Waals surface area (Å²) >= 11 is 0. The molecule has 0 radical (unpaired) electrons. The number of carbonyl (C=O) groups is 6. The van der Waals surface area contributed by atoms with Crippen LogP contribution < -0.4 is 27.0 Å². The molecule has 6 N–H and O–H groups in total. The Morgan fingerprint density at radius 1 is 0.978 bits per heavy atom.